The van der Waals surface area contributed by atoms with Crippen LogP contribution in [0.2, 0.25) is 0 Å². The second-order valence-electron chi connectivity index (χ2n) is 6.17. The molecule has 3 rings (SSSR count). The minimum atomic E-state index is -0.378. The molecule has 2 aromatic rings. The highest BCUT2D eigenvalue weighted by atomic mass is 16.5. The van der Waals surface area contributed by atoms with E-state index < -0.39 is 0 Å². The van der Waals surface area contributed by atoms with E-state index in [9.17, 15) is 4.79 Å². The lowest BCUT2D eigenvalue weighted by Crippen LogP contribution is -2.36. The number of nitrogen functional groups attached to an aromatic ring is 1. The van der Waals surface area contributed by atoms with Gasteiger partial charge in [0.05, 0.1) is 35.4 Å². The van der Waals surface area contributed by atoms with E-state index in [-0.39, 0.29) is 12.0 Å². The largest absolute Gasteiger partial charge is 0.465 e. The van der Waals surface area contributed by atoms with Gasteiger partial charge in [-0.15, -0.1) is 6.58 Å². The standard InChI is InChI=1S/C18H24N4O3/c1-4-6-13-11-21(7-5-8-24-2)15-10-12(17(23)25-3)9-14-16(15)22(13)18(19)20-14/h4,9-10,13H,1,5-8,11H2,2-3H3,(H2,19,20)/t13-/m0/s1. The van der Waals surface area contributed by atoms with Crippen LogP contribution >= 0.6 is 0 Å². The summed E-state index contributed by atoms with van der Waals surface area (Å²) in [5.41, 5.74) is 9.28. The maximum Gasteiger partial charge on any atom is 0.338 e. The number of nitrogens with zero attached hydrogens (tertiary/aromatic N) is 3. The van der Waals surface area contributed by atoms with Gasteiger partial charge in [0.2, 0.25) is 5.95 Å². The molecular formula is C18H24N4O3. The van der Waals surface area contributed by atoms with Crippen LogP contribution in [0.1, 0.15) is 29.2 Å². The highest BCUT2D eigenvalue weighted by Gasteiger charge is 2.29. The van der Waals surface area contributed by atoms with Crippen molar-refractivity contribution in [1.82, 2.24) is 9.55 Å². The van der Waals surface area contributed by atoms with Gasteiger partial charge in [0.25, 0.3) is 0 Å². The zero-order chi connectivity index (χ0) is 18.0. The summed E-state index contributed by atoms with van der Waals surface area (Å²) in [5, 5.41) is 0. The summed E-state index contributed by atoms with van der Waals surface area (Å²) in [6, 6.07) is 3.77. The number of allylic oxidation sites excluding steroid dienone is 1. The van der Waals surface area contributed by atoms with Gasteiger partial charge in [0.15, 0.2) is 0 Å². The first-order valence-electron chi connectivity index (χ1n) is 8.35. The second-order valence-corrected chi connectivity index (χ2v) is 6.17. The number of carbonyl (C=O) groups is 1. The molecule has 0 saturated carbocycles. The Bertz CT molecular complexity index is 799. The van der Waals surface area contributed by atoms with E-state index in [4.69, 9.17) is 15.2 Å². The molecule has 1 aromatic carbocycles. The van der Waals surface area contributed by atoms with Gasteiger partial charge in [-0.3, -0.25) is 0 Å². The molecule has 0 unspecified atom stereocenters. The van der Waals surface area contributed by atoms with Crippen molar-refractivity contribution in [2.45, 2.75) is 18.9 Å². The number of anilines is 2. The molecule has 134 valence electrons. The number of carbonyl (C=O) groups excluding carboxylic acids is 1. The Balaban J connectivity index is 2.13. The zero-order valence-corrected chi connectivity index (χ0v) is 14.7. The summed E-state index contributed by atoms with van der Waals surface area (Å²) in [5.74, 6) is 0.0815. The molecule has 7 heteroatoms. The SMILES string of the molecule is C=CC[C@H]1CN(CCCOC)c2cc(C(=O)OC)cc3nc(N)n1c23. The van der Waals surface area contributed by atoms with Crippen LogP contribution in [0.25, 0.3) is 11.0 Å². The van der Waals surface area contributed by atoms with Gasteiger partial charge >= 0.3 is 5.97 Å². The highest BCUT2D eigenvalue weighted by Crippen LogP contribution is 2.39. The van der Waals surface area contributed by atoms with Crippen molar-refractivity contribution >= 4 is 28.6 Å². The Hall–Kier alpha value is -2.54. The van der Waals surface area contributed by atoms with Gasteiger partial charge < -0.3 is 24.7 Å². The molecule has 1 aliphatic heterocycles. The fourth-order valence-corrected chi connectivity index (χ4v) is 3.49. The van der Waals surface area contributed by atoms with Crippen LogP contribution < -0.4 is 10.6 Å². The number of esters is 1. The number of hydrogen-bond acceptors (Lipinski definition) is 6. The summed E-state index contributed by atoms with van der Waals surface area (Å²) >= 11 is 0. The molecule has 1 aromatic heterocycles. The van der Waals surface area contributed by atoms with Crippen LogP contribution in [0, 0.1) is 0 Å². The Morgan fingerprint density at radius 2 is 2.28 bits per heavy atom. The second kappa shape index (κ2) is 7.14. The van der Waals surface area contributed by atoms with E-state index >= 15 is 0 Å². The lowest BCUT2D eigenvalue weighted by atomic mass is 10.1. The third-order valence-electron chi connectivity index (χ3n) is 4.57. The van der Waals surface area contributed by atoms with Crippen molar-refractivity contribution in [3.8, 4) is 0 Å². The van der Waals surface area contributed by atoms with Crippen LogP contribution in [-0.2, 0) is 9.47 Å². The number of imidazole rings is 1. The Morgan fingerprint density at radius 1 is 1.48 bits per heavy atom. The van der Waals surface area contributed by atoms with E-state index in [1.807, 2.05) is 12.1 Å². The van der Waals surface area contributed by atoms with Crippen LogP contribution in [-0.4, -0.2) is 49.4 Å². The molecule has 2 heterocycles. The maximum absolute atomic E-state index is 12.0. The predicted octanol–water partition coefficient (Wildman–Crippen LogP) is 2.38. The number of nitrogens with two attached hydrogens (primary N) is 1. The maximum atomic E-state index is 12.0. The first kappa shape index (κ1) is 17.3. The van der Waals surface area contributed by atoms with Gasteiger partial charge in [0, 0.05) is 26.8 Å². The van der Waals surface area contributed by atoms with E-state index in [0.29, 0.717) is 23.6 Å². The third kappa shape index (κ3) is 3.07. The molecular weight excluding hydrogens is 320 g/mol. The molecule has 1 aliphatic rings. The minimum absolute atomic E-state index is 0.168. The Morgan fingerprint density at radius 3 is 2.96 bits per heavy atom. The quantitative estimate of drug-likeness (QED) is 0.472. The van der Waals surface area contributed by atoms with E-state index in [1.165, 1.54) is 7.11 Å². The fraction of sp³-hybridized carbons (Fsp3) is 0.444. The molecule has 0 fully saturated rings. The molecule has 0 amide bonds. The van der Waals surface area contributed by atoms with Gasteiger partial charge in [-0.2, -0.15) is 0 Å². The lowest BCUT2D eigenvalue weighted by molar-refractivity contribution is 0.0601. The Labute approximate surface area is 147 Å². The van der Waals surface area contributed by atoms with E-state index in [0.717, 1.165) is 37.1 Å². The molecule has 25 heavy (non-hydrogen) atoms. The number of aromatic nitrogens is 2. The highest BCUT2D eigenvalue weighted by molar-refractivity contribution is 6.00. The number of ether oxygens (including phenoxy) is 2. The first-order chi connectivity index (χ1) is 12.1. The normalized spacial score (nSPS) is 16.2. The van der Waals surface area contributed by atoms with Crippen LogP contribution in [0.5, 0.6) is 0 Å². The number of rotatable bonds is 7. The molecule has 0 aliphatic carbocycles. The molecule has 0 spiro atoms. The van der Waals surface area contributed by atoms with E-state index in [1.54, 1.807) is 13.2 Å². The first-order valence-corrected chi connectivity index (χ1v) is 8.35. The van der Waals surface area contributed by atoms with E-state index in [2.05, 4.69) is 21.0 Å². The van der Waals surface area contributed by atoms with Gasteiger partial charge in [0.1, 0.15) is 0 Å². The summed E-state index contributed by atoms with van der Waals surface area (Å²) in [4.78, 5) is 18.8. The van der Waals surface area contributed by atoms with Crippen molar-refractivity contribution in [2.75, 3.05) is 44.5 Å². The Kier molecular flexibility index (Phi) is 4.94. The van der Waals surface area contributed by atoms with Crippen molar-refractivity contribution in [3.63, 3.8) is 0 Å². The lowest BCUT2D eigenvalue weighted by Gasteiger charge is -2.36. The predicted molar refractivity (Wildman–Crippen MR) is 98.0 cm³/mol. The van der Waals surface area contributed by atoms with Crippen molar-refractivity contribution in [1.29, 1.82) is 0 Å². The van der Waals surface area contributed by atoms with Crippen LogP contribution in [0.4, 0.5) is 11.6 Å². The van der Waals surface area contributed by atoms with Crippen molar-refractivity contribution in [2.24, 2.45) is 0 Å². The average molecular weight is 344 g/mol. The summed E-state index contributed by atoms with van der Waals surface area (Å²) in [6.45, 7) is 6.15. The molecule has 7 nitrogen and oxygen atoms in total. The molecule has 0 bridgehead atoms. The average Bonchev–Trinajstić information content (AvgIpc) is 2.94. The summed E-state index contributed by atoms with van der Waals surface area (Å²) < 4.78 is 12.1. The van der Waals surface area contributed by atoms with Gasteiger partial charge in [-0.05, 0) is 25.0 Å². The topological polar surface area (TPSA) is 82.6 Å². The van der Waals surface area contributed by atoms with Gasteiger partial charge in [-0.25, -0.2) is 9.78 Å². The van der Waals surface area contributed by atoms with Crippen molar-refractivity contribution < 1.29 is 14.3 Å². The van der Waals surface area contributed by atoms with Crippen LogP contribution in [0.15, 0.2) is 24.8 Å². The zero-order valence-electron chi connectivity index (χ0n) is 14.7. The summed E-state index contributed by atoms with van der Waals surface area (Å²) in [7, 11) is 3.07. The molecule has 0 radical (unpaired) electrons. The van der Waals surface area contributed by atoms with Crippen molar-refractivity contribution in [3.05, 3.63) is 30.4 Å². The molecule has 0 saturated heterocycles. The summed E-state index contributed by atoms with van der Waals surface area (Å²) in [6.07, 6.45) is 3.59. The van der Waals surface area contributed by atoms with Crippen LogP contribution in [0.3, 0.4) is 0 Å². The fourth-order valence-electron chi connectivity index (χ4n) is 3.49. The smallest absolute Gasteiger partial charge is 0.338 e. The minimum Gasteiger partial charge on any atom is -0.465 e. The third-order valence-corrected chi connectivity index (χ3v) is 4.57. The number of methoxy groups -OCH3 is 2. The molecule has 2 N–H and O–H groups in total. The monoisotopic (exact) mass is 344 g/mol. The number of benzene rings is 1. The van der Waals surface area contributed by atoms with Gasteiger partial charge in [-0.1, -0.05) is 6.08 Å². The molecule has 1 atom stereocenters. The number of hydrogen-bond donors (Lipinski definition) is 1.